The van der Waals surface area contributed by atoms with Crippen molar-refractivity contribution in [2.45, 2.75) is 0 Å². The lowest BCUT2D eigenvalue weighted by Gasteiger charge is -2.05. The second-order valence-electron chi connectivity index (χ2n) is 2.82. The second-order valence-corrected chi connectivity index (χ2v) is 2.82. The molecule has 0 saturated heterocycles. The monoisotopic (exact) mass is 220 g/mol. The predicted octanol–water partition coefficient (Wildman–Crippen LogP) is 1.62. The van der Waals surface area contributed by atoms with E-state index in [2.05, 4.69) is 18.1 Å². The Morgan fingerprint density at radius 1 is 1.31 bits per heavy atom. The summed E-state index contributed by atoms with van der Waals surface area (Å²) in [6.45, 7) is 6.99. The zero-order valence-corrected chi connectivity index (χ0v) is 9.22. The Kier molecular flexibility index (Phi) is 6.31. The fourth-order valence-corrected chi connectivity index (χ4v) is 1.05. The molecule has 0 spiro atoms. The van der Waals surface area contributed by atoms with Gasteiger partial charge >= 0.3 is 0 Å². The van der Waals surface area contributed by atoms with Crippen molar-refractivity contribution in [3.8, 4) is 0 Å². The van der Waals surface area contributed by atoms with Crippen molar-refractivity contribution in [3.05, 3.63) is 60.8 Å². The lowest BCUT2D eigenvalue weighted by Crippen LogP contribution is -1.94. The molecule has 0 amide bonds. The van der Waals surface area contributed by atoms with Crippen LogP contribution in [0, 0.1) is 0 Å². The number of aliphatic hydroxyl groups is 2. The third-order valence-electron chi connectivity index (χ3n) is 1.63. The van der Waals surface area contributed by atoms with E-state index in [9.17, 15) is 5.11 Å². The van der Waals surface area contributed by atoms with E-state index in [1.54, 1.807) is 30.6 Å². The quantitative estimate of drug-likeness (QED) is 0.534. The summed E-state index contributed by atoms with van der Waals surface area (Å²) in [7, 11) is 1.00. The van der Waals surface area contributed by atoms with Crippen molar-refractivity contribution < 1.29 is 10.2 Å². The van der Waals surface area contributed by atoms with Gasteiger partial charge < -0.3 is 15.9 Å². The summed E-state index contributed by atoms with van der Waals surface area (Å²) in [6.07, 6.45) is 4.83. The molecule has 1 rings (SSSR count). The average molecular weight is 220 g/mol. The van der Waals surface area contributed by atoms with Crippen molar-refractivity contribution >= 4 is 5.57 Å². The zero-order valence-electron chi connectivity index (χ0n) is 9.22. The first kappa shape index (κ1) is 13.9. The van der Waals surface area contributed by atoms with Gasteiger partial charge in [-0.25, -0.2) is 0 Å². The maximum Gasteiger partial charge on any atom is 0.116 e. The van der Waals surface area contributed by atoms with Gasteiger partial charge in [0.1, 0.15) is 5.76 Å². The molecule has 16 heavy (non-hydrogen) atoms. The Morgan fingerprint density at radius 2 is 1.81 bits per heavy atom. The molecule has 0 atom stereocenters. The molecule has 0 aromatic carbocycles. The van der Waals surface area contributed by atoms with Crippen LogP contribution < -0.4 is 5.73 Å². The Labute approximate surface area is 95.1 Å². The van der Waals surface area contributed by atoms with E-state index in [0.29, 0.717) is 11.3 Å². The van der Waals surface area contributed by atoms with Crippen LogP contribution in [0.2, 0.25) is 0 Å². The topological polar surface area (TPSA) is 79.4 Å². The standard InChI is InChI=1S/C11H12N2O.CH4O/c1-8(12)7-11(9(2)14)10-3-5-13-6-4-10;1-2/h3-7,14H,1-2,12H2;2H,1H3/b11-7+;. The number of nitrogens with zero attached hydrogens (tertiary/aromatic N) is 1. The second kappa shape index (κ2) is 7.25. The molecular weight excluding hydrogens is 204 g/mol. The van der Waals surface area contributed by atoms with Gasteiger partial charge in [0.05, 0.1) is 0 Å². The van der Waals surface area contributed by atoms with E-state index >= 15 is 0 Å². The number of allylic oxidation sites excluding steroid dienone is 2. The van der Waals surface area contributed by atoms with Crippen LogP contribution in [0.25, 0.3) is 5.57 Å². The summed E-state index contributed by atoms with van der Waals surface area (Å²) < 4.78 is 0. The lowest BCUT2D eigenvalue weighted by atomic mass is 10.1. The smallest absolute Gasteiger partial charge is 0.116 e. The third kappa shape index (κ3) is 4.43. The van der Waals surface area contributed by atoms with E-state index in [4.69, 9.17) is 10.8 Å². The van der Waals surface area contributed by atoms with Crippen molar-refractivity contribution in [2.24, 2.45) is 5.73 Å². The van der Waals surface area contributed by atoms with Gasteiger partial charge in [-0.1, -0.05) is 13.2 Å². The first-order valence-corrected chi connectivity index (χ1v) is 4.50. The summed E-state index contributed by atoms with van der Waals surface area (Å²) in [5.74, 6) is -0.0391. The maximum absolute atomic E-state index is 9.33. The van der Waals surface area contributed by atoms with E-state index in [-0.39, 0.29) is 5.76 Å². The third-order valence-corrected chi connectivity index (χ3v) is 1.63. The van der Waals surface area contributed by atoms with Gasteiger partial charge in [0, 0.05) is 30.8 Å². The van der Waals surface area contributed by atoms with E-state index in [1.165, 1.54) is 0 Å². The van der Waals surface area contributed by atoms with Crippen molar-refractivity contribution in [1.29, 1.82) is 0 Å². The van der Waals surface area contributed by atoms with Crippen LogP contribution >= 0.6 is 0 Å². The molecule has 0 aliphatic carbocycles. The summed E-state index contributed by atoms with van der Waals surface area (Å²) in [5, 5.41) is 16.3. The lowest BCUT2D eigenvalue weighted by molar-refractivity contribution is 0.399. The molecular formula is C12H16N2O2. The fourth-order valence-electron chi connectivity index (χ4n) is 1.05. The number of pyridine rings is 1. The molecule has 86 valence electrons. The minimum atomic E-state index is -0.0391. The molecule has 0 aliphatic rings. The highest BCUT2D eigenvalue weighted by Crippen LogP contribution is 2.19. The van der Waals surface area contributed by atoms with Crippen LogP contribution in [0.3, 0.4) is 0 Å². The van der Waals surface area contributed by atoms with Crippen LogP contribution in [-0.2, 0) is 0 Å². The van der Waals surface area contributed by atoms with Gasteiger partial charge in [-0.15, -0.1) is 0 Å². The zero-order chi connectivity index (χ0) is 12.6. The van der Waals surface area contributed by atoms with Gasteiger partial charge in [0.2, 0.25) is 0 Å². The SMILES string of the molecule is C=C(N)/C=C(\C(=C)O)c1ccncc1.CO. The number of aromatic nitrogens is 1. The van der Waals surface area contributed by atoms with Gasteiger partial charge in [-0.05, 0) is 23.8 Å². The Bertz CT molecular complexity index is 383. The fraction of sp³-hybridized carbons (Fsp3) is 0.0833. The molecule has 0 bridgehead atoms. The van der Waals surface area contributed by atoms with Crippen LogP contribution in [0.1, 0.15) is 5.56 Å². The van der Waals surface area contributed by atoms with Gasteiger partial charge in [-0.2, -0.15) is 0 Å². The number of nitrogens with two attached hydrogens (primary N) is 1. The largest absolute Gasteiger partial charge is 0.508 e. The molecule has 1 aromatic heterocycles. The molecule has 1 aromatic rings. The minimum Gasteiger partial charge on any atom is -0.508 e. The molecule has 4 nitrogen and oxygen atoms in total. The van der Waals surface area contributed by atoms with E-state index < -0.39 is 0 Å². The molecule has 0 unspecified atom stereocenters. The Hall–Kier alpha value is -2.07. The highest BCUT2D eigenvalue weighted by atomic mass is 16.3. The van der Waals surface area contributed by atoms with Gasteiger partial charge in [0.15, 0.2) is 0 Å². The van der Waals surface area contributed by atoms with Crippen LogP contribution in [0.15, 0.2) is 55.2 Å². The Morgan fingerprint density at radius 3 is 2.19 bits per heavy atom. The van der Waals surface area contributed by atoms with Crippen molar-refractivity contribution in [3.63, 3.8) is 0 Å². The summed E-state index contributed by atoms with van der Waals surface area (Å²) in [6, 6.07) is 3.52. The van der Waals surface area contributed by atoms with E-state index in [0.717, 1.165) is 12.7 Å². The summed E-state index contributed by atoms with van der Waals surface area (Å²) in [5.41, 5.74) is 7.16. The molecule has 4 N–H and O–H groups in total. The molecule has 1 heterocycles. The molecule has 0 fully saturated rings. The molecule has 0 radical (unpaired) electrons. The highest BCUT2D eigenvalue weighted by molar-refractivity contribution is 5.77. The number of hydrogen-bond acceptors (Lipinski definition) is 4. The number of aliphatic hydroxyl groups excluding tert-OH is 2. The van der Waals surface area contributed by atoms with Gasteiger partial charge in [-0.3, -0.25) is 4.98 Å². The van der Waals surface area contributed by atoms with Crippen molar-refractivity contribution in [1.82, 2.24) is 4.98 Å². The number of hydrogen-bond donors (Lipinski definition) is 3. The van der Waals surface area contributed by atoms with Gasteiger partial charge in [0.25, 0.3) is 0 Å². The summed E-state index contributed by atoms with van der Waals surface area (Å²) in [4.78, 5) is 3.87. The average Bonchev–Trinajstić information content (AvgIpc) is 2.29. The van der Waals surface area contributed by atoms with Crippen LogP contribution in [0.4, 0.5) is 0 Å². The van der Waals surface area contributed by atoms with Crippen LogP contribution in [0.5, 0.6) is 0 Å². The first-order valence-electron chi connectivity index (χ1n) is 4.50. The maximum atomic E-state index is 9.33. The molecule has 0 saturated carbocycles. The van der Waals surface area contributed by atoms with Crippen LogP contribution in [-0.4, -0.2) is 22.3 Å². The first-order chi connectivity index (χ1) is 7.61. The normalized spacial score (nSPS) is 10.0. The van der Waals surface area contributed by atoms with Crippen molar-refractivity contribution in [2.75, 3.05) is 7.11 Å². The predicted molar refractivity (Wildman–Crippen MR) is 65.5 cm³/mol. The summed E-state index contributed by atoms with van der Waals surface area (Å²) >= 11 is 0. The number of rotatable bonds is 3. The minimum absolute atomic E-state index is 0.0391. The molecule has 4 heteroatoms. The van der Waals surface area contributed by atoms with E-state index in [1.807, 2.05) is 0 Å². The Balaban J connectivity index is 0.00000106. The highest BCUT2D eigenvalue weighted by Gasteiger charge is 2.03. The molecule has 0 aliphatic heterocycles.